The molecule has 0 fully saturated rings. The van der Waals surface area contributed by atoms with Gasteiger partial charge in [-0.2, -0.15) is 0 Å². The number of Topliss-reactive ketones (excluding diaryl/α,β-unsaturated/α-hetero) is 1. The standard InChI is InChI=1S/C26H19NO/c28-26(21-12-5-2-6-13-21)24-16-15-23(19-9-3-1-4-10-19)25-22-14-8-7-11-20(22)17-18-27(24)25/h1-14,16-18H,15H2. The molecule has 2 aliphatic heterocycles. The summed E-state index contributed by atoms with van der Waals surface area (Å²) in [5.74, 6) is 0.0502. The number of fused-ring (bicyclic) bond motifs is 3. The van der Waals surface area contributed by atoms with Gasteiger partial charge < -0.3 is 4.90 Å². The molecule has 0 bridgehead atoms. The van der Waals surface area contributed by atoms with E-state index in [1.54, 1.807) is 0 Å². The third-order valence-electron chi connectivity index (χ3n) is 5.30. The smallest absolute Gasteiger partial charge is 0.209 e. The van der Waals surface area contributed by atoms with E-state index in [1.807, 2.05) is 42.6 Å². The molecule has 0 aliphatic carbocycles. The summed E-state index contributed by atoms with van der Waals surface area (Å²) < 4.78 is 0. The third-order valence-corrected chi connectivity index (χ3v) is 5.30. The van der Waals surface area contributed by atoms with E-state index >= 15 is 0 Å². The Kier molecular flexibility index (Phi) is 4.02. The van der Waals surface area contributed by atoms with Crippen LogP contribution in [-0.2, 0) is 0 Å². The molecule has 0 unspecified atom stereocenters. The molecule has 0 saturated heterocycles. The largest absolute Gasteiger partial charge is 0.313 e. The van der Waals surface area contributed by atoms with Gasteiger partial charge in [0.2, 0.25) is 5.78 Å². The summed E-state index contributed by atoms with van der Waals surface area (Å²) in [7, 11) is 0. The van der Waals surface area contributed by atoms with Crippen molar-refractivity contribution >= 4 is 23.1 Å². The Morgan fingerprint density at radius 3 is 2.25 bits per heavy atom. The summed E-state index contributed by atoms with van der Waals surface area (Å²) in [4.78, 5) is 15.3. The van der Waals surface area contributed by atoms with E-state index in [9.17, 15) is 4.79 Å². The number of allylic oxidation sites excluding steroid dienone is 3. The lowest BCUT2D eigenvalue weighted by Gasteiger charge is -2.35. The van der Waals surface area contributed by atoms with Crippen LogP contribution in [0.3, 0.4) is 0 Å². The Labute approximate surface area is 164 Å². The van der Waals surface area contributed by atoms with Crippen LogP contribution >= 0.6 is 0 Å². The highest BCUT2D eigenvalue weighted by molar-refractivity contribution is 6.12. The highest BCUT2D eigenvalue weighted by Crippen LogP contribution is 2.42. The van der Waals surface area contributed by atoms with Crippen LogP contribution in [0.5, 0.6) is 0 Å². The van der Waals surface area contributed by atoms with Crippen molar-refractivity contribution in [2.45, 2.75) is 6.42 Å². The molecule has 0 amide bonds. The van der Waals surface area contributed by atoms with Crippen LogP contribution in [-0.4, -0.2) is 10.7 Å². The molecule has 3 aromatic rings. The number of benzene rings is 3. The molecule has 0 N–H and O–H groups in total. The molecule has 134 valence electrons. The first-order valence-corrected chi connectivity index (χ1v) is 9.48. The molecular formula is C26H19NO. The average Bonchev–Trinajstić information content (AvgIpc) is 2.79. The van der Waals surface area contributed by atoms with Crippen molar-refractivity contribution in [3.63, 3.8) is 0 Å². The van der Waals surface area contributed by atoms with Gasteiger partial charge in [-0.15, -0.1) is 0 Å². The maximum Gasteiger partial charge on any atom is 0.209 e. The second kappa shape index (κ2) is 6.82. The minimum atomic E-state index is 0.0502. The van der Waals surface area contributed by atoms with Gasteiger partial charge in [-0.05, 0) is 29.2 Å². The summed E-state index contributed by atoms with van der Waals surface area (Å²) in [6, 6.07) is 28.3. The first-order valence-electron chi connectivity index (χ1n) is 9.48. The van der Waals surface area contributed by atoms with Gasteiger partial charge in [0.15, 0.2) is 0 Å². The Bertz CT molecular complexity index is 1140. The number of ketones is 1. The molecule has 2 heteroatoms. The molecule has 0 radical (unpaired) electrons. The fourth-order valence-electron chi connectivity index (χ4n) is 3.95. The number of hydrogen-bond donors (Lipinski definition) is 0. The summed E-state index contributed by atoms with van der Waals surface area (Å²) in [5.41, 5.74) is 7.30. The van der Waals surface area contributed by atoms with E-state index < -0.39 is 0 Å². The van der Waals surface area contributed by atoms with Gasteiger partial charge in [0, 0.05) is 17.3 Å². The van der Waals surface area contributed by atoms with Crippen LogP contribution in [0.15, 0.2) is 103 Å². The molecule has 2 aliphatic rings. The van der Waals surface area contributed by atoms with E-state index in [0.29, 0.717) is 11.3 Å². The molecule has 28 heavy (non-hydrogen) atoms. The zero-order chi connectivity index (χ0) is 18.9. The fraction of sp³-hybridized carbons (Fsp3) is 0.0385. The topological polar surface area (TPSA) is 20.3 Å². The van der Waals surface area contributed by atoms with E-state index in [2.05, 4.69) is 65.6 Å². The summed E-state index contributed by atoms with van der Waals surface area (Å²) in [5, 5.41) is 0. The summed E-state index contributed by atoms with van der Waals surface area (Å²) >= 11 is 0. The molecule has 0 spiro atoms. The lowest BCUT2D eigenvalue weighted by molar-refractivity contribution is 0.101. The SMILES string of the molecule is O=C(C1=CCC(c2ccccc2)=C2c3ccccc3C=CN12)c1ccccc1. The minimum Gasteiger partial charge on any atom is -0.313 e. The monoisotopic (exact) mass is 361 g/mol. The van der Waals surface area contributed by atoms with Gasteiger partial charge in [-0.1, -0.05) is 91.0 Å². The van der Waals surface area contributed by atoms with Crippen molar-refractivity contribution in [2.24, 2.45) is 0 Å². The lowest BCUT2D eigenvalue weighted by atomic mass is 9.88. The van der Waals surface area contributed by atoms with Crippen molar-refractivity contribution in [1.29, 1.82) is 0 Å². The Morgan fingerprint density at radius 2 is 1.46 bits per heavy atom. The summed E-state index contributed by atoms with van der Waals surface area (Å²) in [6.45, 7) is 0. The van der Waals surface area contributed by atoms with Gasteiger partial charge in [0.25, 0.3) is 0 Å². The zero-order valence-corrected chi connectivity index (χ0v) is 15.4. The normalized spacial score (nSPS) is 15.0. The molecule has 0 aromatic heterocycles. The molecule has 5 rings (SSSR count). The fourth-order valence-corrected chi connectivity index (χ4v) is 3.95. The molecule has 2 heterocycles. The predicted molar refractivity (Wildman–Crippen MR) is 114 cm³/mol. The van der Waals surface area contributed by atoms with Crippen LogP contribution in [0.2, 0.25) is 0 Å². The Balaban J connectivity index is 1.67. The van der Waals surface area contributed by atoms with Crippen LogP contribution in [0.1, 0.15) is 33.5 Å². The van der Waals surface area contributed by atoms with Gasteiger partial charge >= 0.3 is 0 Å². The van der Waals surface area contributed by atoms with Crippen molar-refractivity contribution in [3.05, 3.63) is 125 Å². The highest BCUT2D eigenvalue weighted by atomic mass is 16.1. The zero-order valence-electron chi connectivity index (χ0n) is 15.4. The van der Waals surface area contributed by atoms with E-state index in [1.165, 1.54) is 16.7 Å². The quantitative estimate of drug-likeness (QED) is 0.532. The summed E-state index contributed by atoms with van der Waals surface area (Å²) in [6.07, 6.45) is 6.89. The van der Waals surface area contributed by atoms with Crippen molar-refractivity contribution in [2.75, 3.05) is 0 Å². The Hall–Kier alpha value is -3.65. The number of carbonyl (C=O) groups excluding carboxylic acids is 1. The average molecular weight is 361 g/mol. The second-order valence-corrected chi connectivity index (χ2v) is 6.95. The number of hydrogen-bond acceptors (Lipinski definition) is 2. The van der Waals surface area contributed by atoms with Gasteiger partial charge in [0.1, 0.15) is 0 Å². The maximum absolute atomic E-state index is 13.2. The van der Waals surface area contributed by atoms with Crippen LogP contribution < -0.4 is 0 Å². The van der Waals surface area contributed by atoms with Crippen LogP contribution in [0.25, 0.3) is 17.3 Å². The van der Waals surface area contributed by atoms with Crippen molar-refractivity contribution in [3.8, 4) is 0 Å². The Morgan fingerprint density at radius 1 is 0.786 bits per heavy atom. The minimum absolute atomic E-state index is 0.0502. The van der Waals surface area contributed by atoms with Crippen molar-refractivity contribution < 1.29 is 4.79 Å². The highest BCUT2D eigenvalue weighted by Gasteiger charge is 2.30. The van der Waals surface area contributed by atoms with E-state index in [4.69, 9.17) is 0 Å². The lowest BCUT2D eigenvalue weighted by Crippen LogP contribution is -2.27. The second-order valence-electron chi connectivity index (χ2n) is 6.95. The number of carbonyl (C=O) groups is 1. The van der Waals surface area contributed by atoms with Crippen LogP contribution in [0, 0.1) is 0 Å². The van der Waals surface area contributed by atoms with Gasteiger partial charge in [-0.3, -0.25) is 4.79 Å². The number of rotatable bonds is 3. The van der Waals surface area contributed by atoms with E-state index in [0.717, 1.165) is 17.7 Å². The van der Waals surface area contributed by atoms with Crippen LogP contribution in [0.4, 0.5) is 0 Å². The van der Waals surface area contributed by atoms with Crippen molar-refractivity contribution in [1.82, 2.24) is 4.90 Å². The molecule has 2 nitrogen and oxygen atoms in total. The molecule has 3 aromatic carbocycles. The first kappa shape index (κ1) is 16.5. The predicted octanol–water partition coefficient (Wildman–Crippen LogP) is 6.01. The van der Waals surface area contributed by atoms with E-state index in [-0.39, 0.29) is 5.78 Å². The van der Waals surface area contributed by atoms with Gasteiger partial charge in [0.05, 0.1) is 11.4 Å². The third kappa shape index (κ3) is 2.71. The number of nitrogens with zero attached hydrogens (tertiary/aromatic N) is 1. The molecule has 0 saturated carbocycles. The van der Waals surface area contributed by atoms with Gasteiger partial charge in [-0.25, -0.2) is 0 Å². The molecular weight excluding hydrogens is 342 g/mol. The molecule has 0 atom stereocenters. The first-order chi connectivity index (χ1) is 13.8. The maximum atomic E-state index is 13.2.